The van der Waals surface area contributed by atoms with Crippen molar-refractivity contribution in [2.24, 2.45) is 0 Å². The first-order chi connectivity index (χ1) is 31.6. The summed E-state index contributed by atoms with van der Waals surface area (Å²) in [5, 5.41) is 4.62. The molecule has 306 valence electrons. The number of hydrogen-bond acceptors (Lipinski definition) is 2. The van der Waals surface area contributed by atoms with E-state index < -0.39 is 6.85 Å². The average molecular weight is 823 g/mol. The third-order valence-electron chi connectivity index (χ3n) is 12.4. The molecular formula is C57H49N5O+2. The Morgan fingerprint density at radius 3 is 1.92 bits per heavy atom. The Balaban J connectivity index is 1.05. The van der Waals surface area contributed by atoms with Gasteiger partial charge in [-0.2, -0.15) is 0 Å². The van der Waals surface area contributed by atoms with Crippen molar-refractivity contribution in [1.29, 1.82) is 0 Å². The minimum Gasteiger partial charge on any atom is -0.457 e. The fourth-order valence-corrected chi connectivity index (χ4v) is 9.11. The predicted octanol–water partition coefficient (Wildman–Crippen LogP) is 14.8. The Hall–Kier alpha value is -7.53. The van der Waals surface area contributed by atoms with Gasteiger partial charge in [-0.25, -0.2) is 4.98 Å². The first-order valence-electron chi connectivity index (χ1n) is 23.0. The van der Waals surface area contributed by atoms with Crippen molar-refractivity contribution in [3.63, 3.8) is 0 Å². The molecule has 0 atom stereocenters. The number of benzene rings is 7. The fourth-order valence-electron chi connectivity index (χ4n) is 9.11. The number of para-hydroxylation sites is 3. The summed E-state index contributed by atoms with van der Waals surface area (Å²) in [7, 11) is 0. The van der Waals surface area contributed by atoms with E-state index >= 15 is 0 Å². The molecule has 63 heavy (non-hydrogen) atoms. The molecule has 0 saturated heterocycles. The molecule has 4 heterocycles. The Morgan fingerprint density at radius 2 is 1.17 bits per heavy atom. The van der Waals surface area contributed by atoms with Crippen LogP contribution < -0.4 is 13.9 Å². The van der Waals surface area contributed by atoms with E-state index in [1.807, 2.05) is 63.9 Å². The highest BCUT2D eigenvalue weighted by molar-refractivity contribution is 6.12. The molecule has 1 aliphatic heterocycles. The van der Waals surface area contributed by atoms with Crippen LogP contribution in [-0.4, -0.2) is 20.1 Å². The third kappa shape index (κ3) is 6.45. The van der Waals surface area contributed by atoms with Gasteiger partial charge in [-0.3, -0.25) is 4.57 Å². The number of pyridine rings is 1. The monoisotopic (exact) mass is 822 g/mol. The number of ether oxygens (including phenoxy) is 1. The van der Waals surface area contributed by atoms with Gasteiger partial charge in [-0.15, -0.1) is 0 Å². The Bertz CT molecular complexity index is 3630. The average Bonchev–Trinajstić information content (AvgIpc) is 3.96. The maximum Gasteiger partial charge on any atom is 0.503 e. The van der Waals surface area contributed by atoms with Crippen LogP contribution in [0.4, 0.5) is 22.7 Å². The summed E-state index contributed by atoms with van der Waals surface area (Å²) in [6.07, 6.45) is 1.90. The topological polar surface area (TPSA) is 38.0 Å². The van der Waals surface area contributed by atoms with Crippen molar-refractivity contribution in [2.75, 3.05) is 0 Å². The molecule has 6 nitrogen and oxygen atoms in total. The molecular weight excluding hydrogens is 771 g/mol. The molecule has 0 unspecified atom stereocenters. The molecule has 10 aromatic rings. The summed E-state index contributed by atoms with van der Waals surface area (Å²) < 4.78 is 40.7. The van der Waals surface area contributed by atoms with Crippen molar-refractivity contribution in [3.05, 3.63) is 187 Å². The number of nitrogens with zero attached hydrogens (tertiary/aromatic N) is 5. The molecule has 0 aliphatic carbocycles. The van der Waals surface area contributed by atoms with E-state index in [2.05, 4.69) is 160 Å². The maximum atomic E-state index is 8.50. The molecule has 0 bridgehead atoms. The Labute approximate surface area is 372 Å². The van der Waals surface area contributed by atoms with Gasteiger partial charge in [-0.05, 0) is 98.6 Å². The molecule has 11 rings (SSSR count). The van der Waals surface area contributed by atoms with E-state index in [4.69, 9.17) is 13.8 Å². The van der Waals surface area contributed by atoms with Crippen LogP contribution in [-0.2, 0) is 10.8 Å². The molecule has 0 N–H and O–H groups in total. The lowest BCUT2D eigenvalue weighted by Crippen LogP contribution is -2.12. The van der Waals surface area contributed by atoms with Crippen LogP contribution in [0.2, 0.25) is 0 Å². The van der Waals surface area contributed by atoms with Gasteiger partial charge in [0.25, 0.3) is 5.69 Å². The van der Waals surface area contributed by atoms with Crippen molar-refractivity contribution < 1.29 is 8.85 Å². The van der Waals surface area contributed by atoms with Crippen LogP contribution in [0.5, 0.6) is 11.5 Å². The highest BCUT2D eigenvalue weighted by Gasteiger charge is 2.38. The second-order valence-corrected chi connectivity index (χ2v) is 18.6. The molecule has 0 spiro atoms. The summed E-state index contributed by atoms with van der Waals surface area (Å²) in [6.45, 7) is 10.8. The minimum atomic E-state index is -2.34. The minimum absolute atomic E-state index is 0.0774. The van der Waals surface area contributed by atoms with Crippen molar-refractivity contribution >= 4 is 72.4 Å². The van der Waals surface area contributed by atoms with Gasteiger partial charge in [0.05, 0.1) is 28.1 Å². The largest absolute Gasteiger partial charge is 0.503 e. The van der Waals surface area contributed by atoms with Gasteiger partial charge in [0.1, 0.15) is 17.3 Å². The molecule has 7 aromatic carbocycles. The van der Waals surface area contributed by atoms with Crippen LogP contribution in [0, 0.1) is 6.85 Å². The normalized spacial score (nSPS) is 13.8. The predicted molar refractivity (Wildman–Crippen MR) is 262 cm³/mol. The van der Waals surface area contributed by atoms with E-state index in [0.29, 0.717) is 17.2 Å². The number of hydrogen-bond donors (Lipinski definition) is 0. The van der Waals surface area contributed by atoms with Crippen LogP contribution in [0.25, 0.3) is 55.1 Å². The van der Waals surface area contributed by atoms with Crippen molar-refractivity contribution in [3.8, 4) is 23.0 Å². The van der Waals surface area contributed by atoms with E-state index in [1.54, 1.807) is 12.1 Å². The van der Waals surface area contributed by atoms with E-state index in [0.717, 1.165) is 67.0 Å². The Morgan fingerprint density at radius 1 is 0.524 bits per heavy atom. The maximum absolute atomic E-state index is 8.50. The molecule has 0 radical (unpaired) electrons. The van der Waals surface area contributed by atoms with E-state index in [1.165, 1.54) is 16.3 Å². The van der Waals surface area contributed by atoms with Crippen molar-refractivity contribution in [2.45, 2.75) is 59.2 Å². The second-order valence-electron chi connectivity index (χ2n) is 18.6. The van der Waals surface area contributed by atoms with Gasteiger partial charge in [-0.1, -0.05) is 108 Å². The SMILES string of the molecule is [2H]C([2H])([2H])c1cccc2c1[N+](c1cccc(C(C)(C)C)c1)=C=[N+]2c1cccc(Oc2ccc3c4cc(-n5c6ccccc6c6ccccc65)ccc4n(-c4cc(C(C)(C)C)ccn4)c3c2)c1. The lowest BCUT2D eigenvalue weighted by molar-refractivity contribution is 0.483. The molecule has 0 fully saturated rings. The summed E-state index contributed by atoms with van der Waals surface area (Å²) in [4.78, 5) is 4.97. The first-order valence-corrected chi connectivity index (χ1v) is 21.5. The lowest BCUT2D eigenvalue weighted by atomic mass is 9.87. The summed E-state index contributed by atoms with van der Waals surface area (Å²) in [5.41, 5.74) is 10.7. The number of aromatic nitrogens is 3. The lowest BCUT2D eigenvalue weighted by Gasteiger charge is -2.20. The fraction of sp³-hybridized carbons (Fsp3) is 0.158. The van der Waals surface area contributed by atoms with Crippen molar-refractivity contribution in [1.82, 2.24) is 23.3 Å². The quantitative estimate of drug-likeness (QED) is 0.157. The number of aryl methyl sites for hydroxylation is 1. The summed E-state index contributed by atoms with van der Waals surface area (Å²) in [6, 6.07) is 59.5. The van der Waals surface area contributed by atoms with E-state index in [-0.39, 0.29) is 16.4 Å². The zero-order chi connectivity index (χ0) is 45.7. The second kappa shape index (κ2) is 14.3. The summed E-state index contributed by atoms with van der Waals surface area (Å²) >= 11 is 0. The first kappa shape index (κ1) is 35.1. The zero-order valence-electron chi connectivity index (χ0n) is 39.3. The molecule has 0 amide bonds. The molecule has 3 aromatic heterocycles. The van der Waals surface area contributed by atoms with Gasteiger partial charge < -0.3 is 9.30 Å². The van der Waals surface area contributed by atoms with Gasteiger partial charge in [0.15, 0.2) is 0 Å². The standard InChI is InChI=1S/C57H49N5O/c1-37-15-12-24-52-55(37)60(40-17-13-16-38(31-40)56(2,3)4)36-59(52)41-18-14-19-43(33-41)63-44-26-27-47-48-34-42(61-49-22-10-8-20-45(49)46-21-9-11-23-50(46)61)25-28-51(48)62(53(47)35-44)54-32-39(29-30-58-54)57(5,6)7/h8-35H,1-7H3/q+2/i1D3. The highest BCUT2D eigenvalue weighted by atomic mass is 16.5. The smallest absolute Gasteiger partial charge is 0.457 e. The van der Waals surface area contributed by atoms with Crippen LogP contribution in [0.1, 0.15) is 62.3 Å². The zero-order valence-corrected chi connectivity index (χ0v) is 36.3. The highest BCUT2D eigenvalue weighted by Crippen LogP contribution is 2.42. The third-order valence-corrected chi connectivity index (χ3v) is 12.4. The number of rotatable bonds is 6. The van der Waals surface area contributed by atoms with Crippen LogP contribution in [0.15, 0.2) is 170 Å². The van der Waals surface area contributed by atoms with Gasteiger partial charge >= 0.3 is 11.7 Å². The molecule has 1 aliphatic rings. The van der Waals surface area contributed by atoms with Crippen LogP contribution in [0.3, 0.4) is 0 Å². The summed E-state index contributed by atoms with van der Waals surface area (Å²) in [5.74, 6) is 2.12. The van der Waals surface area contributed by atoms with Gasteiger partial charge in [0, 0.05) is 73.4 Å². The van der Waals surface area contributed by atoms with Gasteiger partial charge in [0.2, 0.25) is 11.4 Å². The Kier molecular flexibility index (Phi) is 7.95. The molecule has 6 heteroatoms. The van der Waals surface area contributed by atoms with E-state index in [9.17, 15) is 0 Å². The van der Waals surface area contributed by atoms with Crippen LogP contribution >= 0.6 is 0 Å². The number of fused-ring (bicyclic) bond motifs is 7. The molecule has 0 saturated carbocycles.